The SMILES string of the molecule is Cc1ccc(Cl)cc1N(CC(=O)N/N=C\c1cc(C)n(-c2cccc(Br)c2)c1C)S(=O)(=O)c1ccccc1. The molecule has 196 valence electrons. The van der Waals surface area contributed by atoms with Gasteiger partial charge in [-0.3, -0.25) is 9.10 Å². The highest BCUT2D eigenvalue weighted by molar-refractivity contribution is 9.10. The van der Waals surface area contributed by atoms with Crippen LogP contribution in [-0.2, 0) is 14.8 Å². The van der Waals surface area contributed by atoms with Crippen LogP contribution in [0.1, 0.15) is 22.5 Å². The molecule has 1 heterocycles. The Morgan fingerprint density at radius 3 is 2.47 bits per heavy atom. The first kappa shape index (κ1) is 27.6. The van der Waals surface area contributed by atoms with Crippen molar-refractivity contribution < 1.29 is 13.2 Å². The Morgan fingerprint density at radius 1 is 1.03 bits per heavy atom. The number of rotatable bonds is 8. The molecule has 0 bridgehead atoms. The maximum atomic E-state index is 13.5. The van der Waals surface area contributed by atoms with Crippen LogP contribution in [0, 0.1) is 20.8 Å². The Bertz CT molecular complexity index is 1620. The summed E-state index contributed by atoms with van der Waals surface area (Å²) < 4.78 is 31.2. The van der Waals surface area contributed by atoms with Crippen LogP contribution < -0.4 is 9.73 Å². The van der Waals surface area contributed by atoms with Gasteiger partial charge < -0.3 is 4.57 Å². The monoisotopic (exact) mass is 612 g/mol. The summed E-state index contributed by atoms with van der Waals surface area (Å²) in [6, 6.07) is 22.8. The van der Waals surface area contributed by atoms with E-state index in [-0.39, 0.29) is 4.90 Å². The molecular formula is C28H26BrClN4O3S. The van der Waals surface area contributed by atoms with E-state index < -0.39 is 22.5 Å². The van der Waals surface area contributed by atoms with Crippen LogP contribution in [0.15, 0.2) is 93.3 Å². The van der Waals surface area contributed by atoms with Gasteiger partial charge in [-0.2, -0.15) is 5.10 Å². The lowest BCUT2D eigenvalue weighted by molar-refractivity contribution is -0.119. The highest BCUT2D eigenvalue weighted by Crippen LogP contribution is 2.29. The smallest absolute Gasteiger partial charge is 0.264 e. The Kier molecular flexibility index (Phi) is 8.40. The largest absolute Gasteiger partial charge is 0.318 e. The number of carbonyl (C=O) groups is 1. The molecule has 0 saturated heterocycles. The number of carbonyl (C=O) groups excluding carboxylic acids is 1. The van der Waals surface area contributed by atoms with Gasteiger partial charge in [0, 0.05) is 32.1 Å². The van der Waals surface area contributed by atoms with E-state index in [4.69, 9.17) is 11.6 Å². The van der Waals surface area contributed by atoms with Crippen LogP contribution >= 0.6 is 27.5 Å². The van der Waals surface area contributed by atoms with Crippen molar-refractivity contribution in [2.45, 2.75) is 25.7 Å². The molecule has 0 spiro atoms. The molecule has 0 atom stereocenters. The number of nitrogens with zero attached hydrogens (tertiary/aromatic N) is 3. The average Bonchev–Trinajstić information content (AvgIpc) is 3.17. The van der Waals surface area contributed by atoms with E-state index >= 15 is 0 Å². The fraction of sp³-hybridized carbons (Fsp3) is 0.143. The molecule has 0 aliphatic carbocycles. The number of aromatic nitrogens is 1. The van der Waals surface area contributed by atoms with Gasteiger partial charge in [0.05, 0.1) is 16.8 Å². The summed E-state index contributed by atoms with van der Waals surface area (Å²) in [6.45, 7) is 5.24. The van der Waals surface area contributed by atoms with Gasteiger partial charge in [-0.05, 0) is 74.9 Å². The van der Waals surface area contributed by atoms with Crippen molar-refractivity contribution in [2.75, 3.05) is 10.8 Å². The number of hydrogen-bond donors (Lipinski definition) is 1. The van der Waals surface area contributed by atoms with E-state index in [1.54, 1.807) is 43.5 Å². The maximum Gasteiger partial charge on any atom is 0.264 e. The van der Waals surface area contributed by atoms with Crippen molar-refractivity contribution in [3.05, 3.63) is 111 Å². The van der Waals surface area contributed by atoms with Gasteiger partial charge in [-0.25, -0.2) is 13.8 Å². The first-order chi connectivity index (χ1) is 18.1. The van der Waals surface area contributed by atoms with Crippen LogP contribution in [0.2, 0.25) is 5.02 Å². The zero-order valence-corrected chi connectivity index (χ0v) is 24.2. The maximum absolute atomic E-state index is 13.5. The van der Waals surface area contributed by atoms with Crippen molar-refractivity contribution in [1.82, 2.24) is 9.99 Å². The molecule has 0 aliphatic heterocycles. The minimum atomic E-state index is -4.05. The zero-order chi connectivity index (χ0) is 27.4. The number of halogens is 2. The van der Waals surface area contributed by atoms with Crippen LogP contribution in [0.5, 0.6) is 0 Å². The minimum Gasteiger partial charge on any atom is -0.318 e. The van der Waals surface area contributed by atoms with Crippen molar-refractivity contribution in [3.63, 3.8) is 0 Å². The van der Waals surface area contributed by atoms with Crippen molar-refractivity contribution in [3.8, 4) is 5.69 Å². The first-order valence-corrected chi connectivity index (χ1v) is 14.3. The van der Waals surface area contributed by atoms with E-state index in [0.29, 0.717) is 16.3 Å². The van der Waals surface area contributed by atoms with Crippen molar-refractivity contribution >= 4 is 55.4 Å². The summed E-state index contributed by atoms with van der Waals surface area (Å²) in [5.41, 5.74) is 7.21. The molecule has 0 unspecified atom stereocenters. The normalized spacial score (nSPS) is 11.6. The molecule has 7 nitrogen and oxygen atoms in total. The molecule has 1 aromatic heterocycles. The molecule has 10 heteroatoms. The predicted molar refractivity (Wildman–Crippen MR) is 156 cm³/mol. The van der Waals surface area contributed by atoms with E-state index in [9.17, 15) is 13.2 Å². The minimum absolute atomic E-state index is 0.0654. The summed E-state index contributed by atoms with van der Waals surface area (Å²) in [6.07, 6.45) is 1.55. The van der Waals surface area contributed by atoms with E-state index in [1.165, 1.54) is 18.2 Å². The molecule has 3 aromatic carbocycles. The Labute approximate surface area is 235 Å². The second-order valence-electron chi connectivity index (χ2n) is 8.69. The van der Waals surface area contributed by atoms with Gasteiger partial charge in [0.15, 0.2) is 0 Å². The lowest BCUT2D eigenvalue weighted by Gasteiger charge is -2.25. The van der Waals surface area contributed by atoms with Crippen molar-refractivity contribution in [2.24, 2.45) is 5.10 Å². The topological polar surface area (TPSA) is 83.8 Å². The highest BCUT2D eigenvalue weighted by atomic mass is 79.9. The fourth-order valence-corrected chi connectivity index (χ4v) is 6.19. The lowest BCUT2D eigenvalue weighted by atomic mass is 10.2. The molecule has 4 aromatic rings. The van der Waals surface area contributed by atoms with Gasteiger partial charge in [0.25, 0.3) is 15.9 Å². The number of nitrogens with one attached hydrogen (secondary N) is 1. The van der Waals surface area contributed by atoms with E-state index in [0.717, 1.165) is 31.4 Å². The molecule has 0 radical (unpaired) electrons. The van der Waals surface area contributed by atoms with Crippen LogP contribution in [0.3, 0.4) is 0 Å². The molecule has 1 amide bonds. The summed E-state index contributed by atoms with van der Waals surface area (Å²) >= 11 is 9.68. The van der Waals surface area contributed by atoms with Gasteiger partial charge >= 0.3 is 0 Å². The lowest BCUT2D eigenvalue weighted by Crippen LogP contribution is -2.40. The zero-order valence-electron chi connectivity index (χ0n) is 21.0. The molecule has 1 N–H and O–H groups in total. The molecule has 38 heavy (non-hydrogen) atoms. The van der Waals surface area contributed by atoms with Crippen LogP contribution in [0.4, 0.5) is 5.69 Å². The second kappa shape index (κ2) is 11.6. The molecule has 4 rings (SSSR count). The number of benzene rings is 3. The third-order valence-corrected chi connectivity index (χ3v) is 8.49. The van der Waals surface area contributed by atoms with Gasteiger partial charge in [0.1, 0.15) is 6.54 Å². The summed E-state index contributed by atoms with van der Waals surface area (Å²) in [7, 11) is -4.05. The molecule has 0 fully saturated rings. The number of aryl methyl sites for hydroxylation is 2. The average molecular weight is 614 g/mol. The van der Waals surface area contributed by atoms with E-state index in [2.05, 4.69) is 31.0 Å². The summed E-state index contributed by atoms with van der Waals surface area (Å²) in [5, 5.41) is 4.47. The molecular weight excluding hydrogens is 588 g/mol. The number of amides is 1. The quantitative estimate of drug-likeness (QED) is 0.191. The Hall–Kier alpha value is -3.40. The Morgan fingerprint density at radius 2 is 1.76 bits per heavy atom. The fourth-order valence-electron chi connectivity index (χ4n) is 4.14. The number of sulfonamides is 1. The third-order valence-electron chi connectivity index (χ3n) is 5.99. The predicted octanol–water partition coefficient (Wildman–Crippen LogP) is 6.16. The number of anilines is 1. The highest BCUT2D eigenvalue weighted by Gasteiger charge is 2.28. The summed E-state index contributed by atoms with van der Waals surface area (Å²) in [4.78, 5) is 13.0. The number of hydrogen-bond acceptors (Lipinski definition) is 4. The summed E-state index contributed by atoms with van der Waals surface area (Å²) in [5.74, 6) is -0.596. The number of hydrazone groups is 1. The second-order valence-corrected chi connectivity index (χ2v) is 11.9. The van der Waals surface area contributed by atoms with Crippen molar-refractivity contribution in [1.29, 1.82) is 0 Å². The first-order valence-electron chi connectivity index (χ1n) is 11.7. The standard InChI is InChI=1S/C28H26BrClN4O3S/c1-19-12-13-24(30)16-27(19)33(38(36,37)26-10-5-4-6-11-26)18-28(35)32-31-17-22-14-20(2)34(21(22)3)25-9-7-8-23(29)15-25/h4-17H,18H2,1-3H3,(H,32,35)/b31-17-. The molecule has 0 saturated carbocycles. The van der Waals surface area contributed by atoms with Crippen LogP contribution in [-0.4, -0.2) is 31.7 Å². The van der Waals surface area contributed by atoms with Crippen LogP contribution in [0.25, 0.3) is 5.69 Å². The van der Waals surface area contributed by atoms with E-state index in [1.807, 2.05) is 44.2 Å². The van der Waals surface area contributed by atoms with Gasteiger partial charge in [-0.15, -0.1) is 0 Å². The van der Waals surface area contributed by atoms with Gasteiger partial charge in [-0.1, -0.05) is 57.9 Å². The molecule has 0 aliphatic rings. The third kappa shape index (κ3) is 6.01. The Balaban J connectivity index is 1.58. The van der Waals surface area contributed by atoms with Gasteiger partial charge in [0.2, 0.25) is 0 Å².